The van der Waals surface area contributed by atoms with Crippen LogP contribution in [0.1, 0.15) is 18.5 Å². The molecule has 4 heterocycles. The maximum Gasteiger partial charge on any atom is 0.253 e. The second-order valence-electron chi connectivity index (χ2n) is 8.99. The number of rotatable bonds is 7. The average Bonchev–Trinajstić information content (AvgIpc) is 3.34. The van der Waals surface area contributed by atoms with Crippen molar-refractivity contribution in [2.75, 3.05) is 62.7 Å². The van der Waals surface area contributed by atoms with Crippen LogP contribution in [-0.4, -0.2) is 78.6 Å². The molecule has 0 saturated carbocycles. The minimum Gasteiger partial charge on any atom is -0.494 e. The van der Waals surface area contributed by atoms with Gasteiger partial charge < -0.3 is 33.9 Å². The summed E-state index contributed by atoms with van der Waals surface area (Å²) in [5, 5.41) is 3.29. The van der Waals surface area contributed by atoms with Crippen molar-refractivity contribution in [1.29, 1.82) is 0 Å². The minimum atomic E-state index is -0.696. The number of hydrogen-bond acceptors (Lipinski definition) is 9. The third-order valence-corrected chi connectivity index (χ3v) is 6.91. The van der Waals surface area contributed by atoms with Crippen LogP contribution >= 0.6 is 0 Å². The highest BCUT2D eigenvalue weighted by Gasteiger charge is 2.51. The molecule has 11 heteroatoms. The van der Waals surface area contributed by atoms with E-state index < -0.39 is 5.54 Å². The molecule has 0 bridgehead atoms. The van der Waals surface area contributed by atoms with Crippen molar-refractivity contribution in [3.05, 3.63) is 42.6 Å². The second kappa shape index (κ2) is 9.75. The molecule has 0 atom stereocenters. The molecule has 1 saturated heterocycles. The van der Waals surface area contributed by atoms with Crippen molar-refractivity contribution in [3.63, 3.8) is 0 Å². The highest BCUT2D eigenvalue weighted by Crippen LogP contribution is 2.43. The summed E-state index contributed by atoms with van der Waals surface area (Å²) in [7, 11) is 5.19. The number of benzene rings is 1. The largest absolute Gasteiger partial charge is 0.494 e. The van der Waals surface area contributed by atoms with Gasteiger partial charge in [0, 0.05) is 64.7 Å². The number of amides is 1. The number of carbonyl (C=O) groups is 1. The summed E-state index contributed by atoms with van der Waals surface area (Å²) in [5.41, 5.74) is 2.55. The van der Waals surface area contributed by atoms with Crippen LogP contribution in [0.2, 0.25) is 0 Å². The fourth-order valence-corrected chi connectivity index (χ4v) is 4.88. The minimum absolute atomic E-state index is 0.0391. The summed E-state index contributed by atoms with van der Waals surface area (Å²) in [6, 6.07) is 5.79. The van der Waals surface area contributed by atoms with Gasteiger partial charge in [-0.05, 0) is 19.1 Å². The van der Waals surface area contributed by atoms with E-state index in [9.17, 15) is 4.79 Å². The van der Waals surface area contributed by atoms with Crippen LogP contribution in [0.25, 0.3) is 5.69 Å². The molecule has 1 aromatic carbocycles. The first-order chi connectivity index (χ1) is 17.5. The first-order valence-corrected chi connectivity index (χ1v) is 11.9. The Morgan fingerprint density at radius 1 is 1.17 bits per heavy atom. The molecule has 190 valence electrons. The van der Waals surface area contributed by atoms with E-state index in [1.165, 1.54) is 0 Å². The lowest BCUT2D eigenvalue weighted by Crippen LogP contribution is -2.65. The zero-order valence-electron chi connectivity index (χ0n) is 21.0. The SMILES string of the molecule is COCCN1C(=O)C2(CCOCC2)N(C)c2nc(Nc3ccc(-n4cnc(C)c4)c(OC)c3)ncc21. The maximum absolute atomic E-state index is 13.7. The zero-order chi connectivity index (χ0) is 25.3. The molecule has 2 aromatic heterocycles. The zero-order valence-corrected chi connectivity index (χ0v) is 21.0. The number of aryl methyl sites for hydroxylation is 1. The van der Waals surface area contributed by atoms with Gasteiger partial charge in [0.15, 0.2) is 5.82 Å². The summed E-state index contributed by atoms with van der Waals surface area (Å²) in [6.45, 7) is 3.85. The second-order valence-corrected chi connectivity index (χ2v) is 8.99. The van der Waals surface area contributed by atoms with Crippen molar-refractivity contribution in [3.8, 4) is 11.4 Å². The van der Waals surface area contributed by atoms with Crippen molar-refractivity contribution >= 4 is 29.0 Å². The summed E-state index contributed by atoms with van der Waals surface area (Å²) in [5.74, 6) is 1.85. The number of nitrogens with zero attached hydrogens (tertiary/aromatic N) is 6. The standard InChI is InChI=1S/C25H31N7O4/c1-17-15-31(16-27-17)19-6-5-18(13-21(19)35-4)28-24-26-14-20-22(29-24)30(2)25(7-10-36-11-8-25)23(33)32(20)9-12-34-3/h5-6,13-16H,7-12H2,1-4H3,(H,26,28,29). The number of anilines is 4. The Kier molecular flexibility index (Phi) is 6.50. The molecular formula is C25H31N7O4. The first kappa shape index (κ1) is 24.0. The number of nitrogens with one attached hydrogen (secondary N) is 1. The van der Waals surface area contributed by atoms with E-state index in [4.69, 9.17) is 19.2 Å². The molecule has 2 aliphatic heterocycles. The number of ether oxygens (including phenoxy) is 3. The molecule has 0 radical (unpaired) electrons. The Morgan fingerprint density at radius 2 is 1.97 bits per heavy atom. The van der Waals surface area contributed by atoms with Crippen LogP contribution in [0.4, 0.5) is 23.1 Å². The highest BCUT2D eigenvalue weighted by molar-refractivity contribution is 6.07. The molecule has 2 aliphatic rings. The van der Waals surface area contributed by atoms with Crippen LogP contribution in [-0.2, 0) is 14.3 Å². The van der Waals surface area contributed by atoms with Gasteiger partial charge >= 0.3 is 0 Å². The van der Waals surface area contributed by atoms with Crippen LogP contribution in [0.15, 0.2) is 36.9 Å². The lowest BCUT2D eigenvalue weighted by Gasteiger charge is -2.50. The van der Waals surface area contributed by atoms with E-state index in [0.29, 0.717) is 62.4 Å². The average molecular weight is 494 g/mol. The number of methoxy groups -OCH3 is 2. The molecule has 36 heavy (non-hydrogen) atoms. The van der Waals surface area contributed by atoms with E-state index in [2.05, 4.69) is 15.3 Å². The highest BCUT2D eigenvalue weighted by atomic mass is 16.5. The van der Waals surface area contributed by atoms with E-state index in [-0.39, 0.29) is 5.91 Å². The predicted molar refractivity (Wildman–Crippen MR) is 136 cm³/mol. The maximum atomic E-state index is 13.7. The van der Waals surface area contributed by atoms with E-state index in [1.807, 2.05) is 47.8 Å². The topological polar surface area (TPSA) is 107 Å². The van der Waals surface area contributed by atoms with E-state index in [1.54, 1.807) is 31.6 Å². The Bertz CT molecular complexity index is 1250. The number of fused-ring (bicyclic) bond motifs is 1. The predicted octanol–water partition coefficient (Wildman–Crippen LogP) is 2.70. The first-order valence-electron chi connectivity index (χ1n) is 11.9. The van der Waals surface area contributed by atoms with E-state index in [0.717, 1.165) is 17.1 Å². The number of carbonyl (C=O) groups excluding carboxylic acids is 1. The van der Waals surface area contributed by atoms with Crippen molar-refractivity contribution in [2.24, 2.45) is 0 Å². The number of aromatic nitrogens is 4. The summed E-state index contributed by atoms with van der Waals surface area (Å²) < 4.78 is 18.4. The summed E-state index contributed by atoms with van der Waals surface area (Å²) in [4.78, 5) is 31.1. The number of likely N-dealkylation sites (N-methyl/N-ethyl adjacent to an activating group) is 1. The van der Waals surface area contributed by atoms with Crippen molar-refractivity contribution < 1.29 is 19.0 Å². The molecule has 0 unspecified atom stereocenters. The third-order valence-electron chi connectivity index (χ3n) is 6.91. The lowest BCUT2D eigenvalue weighted by atomic mass is 9.84. The van der Waals surface area contributed by atoms with Gasteiger partial charge in [0.2, 0.25) is 5.95 Å². The van der Waals surface area contributed by atoms with Crippen molar-refractivity contribution in [1.82, 2.24) is 19.5 Å². The molecule has 1 spiro atoms. The van der Waals surface area contributed by atoms with Gasteiger partial charge in [0.05, 0.1) is 37.6 Å². The van der Waals surface area contributed by atoms with Crippen LogP contribution in [0, 0.1) is 6.92 Å². The van der Waals surface area contributed by atoms with Gasteiger partial charge in [-0.15, -0.1) is 0 Å². The monoisotopic (exact) mass is 493 g/mol. The Hall–Kier alpha value is -3.70. The van der Waals surface area contributed by atoms with Crippen LogP contribution in [0.3, 0.4) is 0 Å². The molecule has 1 fully saturated rings. The summed E-state index contributed by atoms with van der Waals surface area (Å²) >= 11 is 0. The van der Waals surface area contributed by atoms with Crippen LogP contribution < -0.4 is 19.9 Å². The molecule has 1 N–H and O–H groups in total. The Morgan fingerprint density at radius 3 is 2.67 bits per heavy atom. The summed E-state index contributed by atoms with van der Waals surface area (Å²) in [6.07, 6.45) is 6.59. The van der Waals surface area contributed by atoms with Gasteiger partial charge in [-0.3, -0.25) is 4.79 Å². The van der Waals surface area contributed by atoms with Gasteiger partial charge in [-0.1, -0.05) is 0 Å². The van der Waals surface area contributed by atoms with E-state index >= 15 is 0 Å². The smallest absolute Gasteiger partial charge is 0.253 e. The van der Waals surface area contributed by atoms with Crippen molar-refractivity contribution in [2.45, 2.75) is 25.3 Å². The Labute approximate surface area is 210 Å². The molecule has 0 aliphatic carbocycles. The van der Waals surface area contributed by atoms with Gasteiger partial charge in [0.25, 0.3) is 5.91 Å². The third kappa shape index (κ3) is 4.14. The Balaban J connectivity index is 1.47. The lowest BCUT2D eigenvalue weighted by molar-refractivity contribution is -0.127. The quantitative estimate of drug-likeness (QED) is 0.532. The fourth-order valence-electron chi connectivity index (χ4n) is 4.88. The van der Waals surface area contributed by atoms with Gasteiger partial charge in [0.1, 0.15) is 17.0 Å². The molecule has 3 aromatic rings. The van der Waals surface area contributed by atoms with Crippen LogP contribution in [0.5, 0.6) is 5.75 Å². The van der Waals surface area contributed by atoms with Gasteiger partial charge in [-0.25, -0.2) is 9.97 Å². The molecule has 11 nitrogen and oxygen atoms in total. The number of imidazole rings is 1. The van der Waals surface area contributed by atoms with Gasteiger partial charge in [-0.2, -0.15) is 4.98 Å². The normalized spacial score (nSPS) is 16.8. The molecule has 1 amide bonds. The molecule has 5 rings (SSSR count). The number of hydrogen-bond donors (Lipinski definition) is 1. The fraction of sp³-hybridized carbons (Fsp3) is 0.440. The molecular weight excluding hydrogens is 462 g/mol.